The molecule has 2 aromatic rings. The maximum Gasteiger partial charge on any atom is 0.269 e. The number of methoxy groups -OCH3 is 1. The Hall–Kier alpha value is -3.55. The van der Waals surface area contributed by atoms with Crippen LogP contribution in [0.3, 0.4) is 0 Å². The number of hydrogen-bond acceptors (Lipinski definition) is 6. The number of non-ortho nitro benzene ring substituents is 1. The molecule has 8 nitrogen and oxygen atoms in total. The summed E-state index contributed by atoms with van der Waals surface area (Å²) in [5.41, 5.74) is 3.43. The smallest absolute Gasteiger partial charge is 0.269 e. The lowest BCUT2D eigenvalue weighted by Gasteiger charge is -2.02. The average Bonchev–Trinajstić information content (AvgIpc) is 2.65. The molecule has 1 amide bonds. The number of ether oxygens (including phenoxy) is 1. The highest BCUT2D eigenvalue weighted by Crippen LogP contribution is 2.13. The summed E-state index contributed by atoms with van der Waals surface area (Å²) in [5.74, 6) is 0.141. The molecule has 0 spiro atoms. The van der Waals surface area contributed by atoms with Crippen molar-refractivity contribution in [3.63, 3.8) is 0 Å². The first kappa shape index (κ1) is 18.8. The van der Waals surface area contributed by atoms with Crippen LogP contribution in [0.1, 0.15) is 22.3 Å². The number of hydrazone groups is 1. The van der Waals surface area contributed by atoms with E-state index in [1.54, 1.807) is 31.4 Å². The number of nitro benzene ring substituents is 1. The Morgan fingerprint density at radius 3 is 2.38 bits per heavy atom. The normalized spacial score (nSPS) is 10.5. The van der Waals surface area contributed by atoms with Gasteiger partial charge in [0.25, 0.3) is 5.69 Å². The van der Waals surface area contributed by atoms with Gasteiger partial charge in [-0.15, -0.1) is 0 Å². The molecule has 2 rings (SSSR count). The van der Waals surface area contributed by atoms with Crippen LogP contribution in [0.5, 0.6) is 5.75 Å². The number of carbonyl (C=O) groups excluding carboxylic acids is 2. The predicted octanol–water partition coefficient (Wildman–Crippen LogP) is 2.52. The van der Waals surface area contributed by atoms with Gasteiger partial charge in [-0.1, -0.05) is 12.1 Å². The first-order chi connectivity index (χ1) is 12.5. The zero-order valence-corrected chi connectivity index (χ0v) is 14.0. The van der Waals surface area contributed by atoms with Gasteiger partial charge in [-0.2, -0.15) is 5.10 Å². The van der Waals surface area contributed by atoms with Crippen LogP contribution in [0.2, 0.25) is 0 Å². The number of benzene rings is 2. The van der Waals surface area contributed by atoms with E-state index in [1.165, 1.54) is 30.5 Å². The van der Waals surface area contributed by atoms with Gasteiger partial charge in [0.05, 0.1) is 18.5 Å². The second-order valence-corrected chi connectivity index (χ2v) is 5.30. The second-order valence-electron chi connectivity index (χ2n) is 5.30. The quantitative estimate of drug-likeness (QED) is 0.338. The fourth-order valence-corrected chi connectivity index (χ4v) is 2.10. The first-order valence-electron chi connectivity index (χ1n) is 7.70. The summed E-state index contributed by atoms with van der Waals surface area (Å²) in [6.45, 7) is 0. The van der Waals surface area contributed by atoms with Crippen molar-refractivity contribution < 1.29 is 19.2 Å². The van der Waals surface area contributed by atoms with Crippen molar-refractivity contribution in [3.05, 3.63) is 69.8 Å². The van der Waals surface area contributed by atoms with Crippen LogP contribution in [0, 0.1) is 10.1 Å². The summed E-state index contributed by atoms with van der Waals surface area (Å²) in [7, 11) is 1.54. The van der Waals surface area contributed by atoms with Crippen molar-refractivity contribution in [3.8, 4) is 5.75 Å². The fraction of sp³-hybridized carbons (Fsp3) is 0.167. The molecule has 2 aromatic carbocycles. The highest BCUT2D eigenvalue weighted by Gasteiger charge is 2.07. The van der Waals surface area contributed by atoms with E-state index in [0.717, 1.165) is 0 Å². The third-order valence-corrected chi connectivity index (χ3v) is 3.48. The first-order valence-corrected chi connectivity index (χ1v) is 7.70. The Labute approximate surface area is 149 Å². The number of rotatable bonds is 8. The molecule has 134 valence electrons. The Morgan fingerprint density at radius 2 is 1.81 bits per heavy atom. The molecule has 0 heterocycles. The van der Waals surface area contributed by atoms with Gasteiger partial charge in [0.1, 0.15) is 5.75 Å². The van der Waals surface area contributed by atoms with Gasteiger partial charge in [0, 0.05) is 30.3 Å². The van der Waals surface area contributed by atoms with Crippen LogP contribution >= 0.6 is 0 Å². The minimum absolute atomic E-state index is 0.0295. The topological polar surface area (TPSA) is 111 Å². The minimum Gasteiger partial charge on any atom is -0.497 e. The third kappa shape index (κ3) is 5.52. The van der Waals surface area contributed by atoms with Crippen molar-refractivity contribution >= 4 is 23.6 Å². The molecule has 0 unspecified atom stereocenters. The lowest BCUT2D eigenvalue weighted by Crippen LogP contribution is -2.19. The van der Waals surface area contributed by atoms with Crippen LogP contribution in [0.15, 0.2) is 53.6 Å². The monoisotopic (exact) mass is 355 g/mol. The Bertz CT molecular complexity index is 814. The van der Waals surface area contributed by atoms with Gasteiger partial charge in [0.2, 0.25) is 5.91 Å². The lowest BCUT2D eigenvalue weighted by atomic mass is 10.1. The number of amides is 1. The molecule has 0 atom stereocenters. The standard InChI is InChI=1S/C18H17N3O5/c1-26-16-8-4-14(5-9-16)17(22)10-11-19-20-18(23)12-13-2-6-15(7-3-13)21(24)25/h2-9,11H,10,12H2,1H3,(H,20,23). The van der Waals surface area contributed by atoms with Gasteiger partial charge >= 0.3 is 0 Å². The summed E-state index contributed by atoms with van der Waals surface area (Å²) in [6, 6.07) is 12.4. The molecule has 26 heavy (non-hydrogen) atoms. The molecular weight excluding hydrogens is 338 g/mol. The van der Waals surface area contributed by atoms with Crippen molar-refractivity contribution in [2.24, 2.45) is 5.10 Å². The maximum atomic E-state index is 12.0. The molecule has 0 saturated heterocycles. The number of nitrogens with zero attached hydrogens (tertiary/aromatic N) is 2. The second kappa shape index (κ2) is 9.07. The van der Waals surface area contributed by atoms with Gasteiger partial charge in [-0.3, -0.25) is 19.7 Å². The van der Waals surface area contributed by atoms with Crippen LogP contribution in [0.25, 0.3) is 0 Å². The summed E-state index contributed by atoms with van der Waals surface area (Å²) >= 11 is 0. The molecule has 0 fully saturated rings. The fourth-order valence-electron chi connectivity index (χ4n) is 2.10. The maximum absolute atomic E-state index is 12.0. The zero-order chi connectivity index (χ0) is 18.9. The summed E-state index contributed by atoms with van der Waals surface area (Å²) in [4.78, 5) is 33.8. The number of ketones is 1. The average molecular weight is 355 g/mol. The molecule has 0 radical (unpaired) electrons. The van der Waals surface area contributed by atoms with E-state index in [1.807, 2.05) is 0 Å². The van der Waals surface area contributed by atoms with Crippen LogP contribution in [-0.2, 0) is 11.2 Å². The Kier molecular flexibility index (Phi) is 6.55. The number of carbonyl (C=O) groups is 2. The molecule has 0 aromatic heterocycles. The van der Waals surface area contributed by atoms with E-state index < -0.39 is 4.92 Å². The minimum atomic E-state index is -0.506. The molecule has 0 aliphatic rings. The largest absolute Gasteiger partial charge is 0.497 e. The van der Waals surface area contributed by atoms with E-state index >= 15 is 0 Å². The molecular formula is C18H17N3O5. The highest BCUT2D eigenvalue weighted by atomic mass is 16.6. The van der Waals surface area contributed by atoms with E-state index in [0.29, 0.717) is 16.9 Å². The molecule has 1 N–H and O–H groups in total. The van der Waals surface area contributed by atoms with Crippen LogP contribution < -0.4 is 10.2 Å². The highest BCUT2D eigenvalue weighted by molar-refractivity contribution is 6.03. The van der Waals surface area contributed by atoms with Gasteiger partial charge in [-0.05, 0) is 29.8 Å². The van der Waals surface area contributed by atoms with Crippen LogP contribution in [0.4, 0.5) is 5.69 Å². The Morgan fingerprint density at radius 1 is 1.15 bits per heavy atom. The van der Waals surface area contributed by atoms with Gasteiger partial charge in [0.15, 0.2) is 5.78 Å². The van der Waals surface area contributed by atoms with Crippen LogP contribution in [-0.4, -0.2) is 29.9 Å². The SMILES string of the molecule is COc1ccc(C(=O)CC=NNC(=O)Cc2ccc([N+](=O)[O-])cc2)cc1. The summed E-state index contributed by atoms with van der Waals surface area (Å²) in [5, 5.41) is 14.3. The van der Waals surface area contributed by atoms with Crippen molar-refractivity contribution in [1.82, 2.24) is 5.43 Å². The molecule has 0 bridgehead atoms. The van der Waals surface area contributed by atoms with Gasteiger partial charge in [-0.25, -0.2) is 5.43 Å². The number of nitro groups is 1. The molecule has 0 aliphatic carbocycles. The lowest BCUT2D eigenvalue weighted by molar-refractivity contribution is -0.384. The summed E-state index contributed by atoms with van der Waals surface area (Å²) < 4.78 is 5.02. The zero-order valence-electron chi connectivity index (χ0n) is 14.0. The number of Topliss-reactive ketones (excluding diaryl/α,β-unsaturated/α-hetero) is 1. The third-order valence-electron chi connectivity index (χ3n) is 3.48. The van der Waals surface area contributed by atoms with Crippen molar-refractivity contribution in [2.45, 2.75) is 12.8 Å². The Balaban J connectivity index is 1.78. The molecule has 0 aliphatic heterocycles. The number of hydrogen-bond donors (Lipinski definition) is 1. The molecule has 0 saturated carbocycles. The van der Waals surface area contributed by atoms with Gasteiger partial charge < -0.3 is 4.74 Å². The van der Waals surface area contributed by atoms with Crippen molar-refractivity contribution in [2.75, 3.05) is 7.11 Å². The summed E-state index contributed by atoms with van der Waals surface area (Å²) in [6.07, 6.45) is 1.40. The van der Waals surface area contributed by atoms with Crippen molar-refractivity contribution in [1.29, 1.82) is 0 Å². The van der Waals surface area contributed by atoms with E-state index in [4.69, 9.17) is 4.74 Å². The predicted molar refractivity (Wildman–Crippen MR) is 95.4 cm³/mol. The number of nitrogens with one attached hydrogen (secondary N) is 1. The van der Waals surface area contributed by atoms with E-state index in [-0.39, 0.29) is 30.2 Å². The van der Waals surface area contributed by atoms with E-state index in [9.17, 15) is 19.7 Å². The molecule has 8 heteroatoms. The van der Waals surface area contributed by atoms with E-state index in [2.05, 4.69) is 10.5 Å².